The van der Waals surface area contributed by atoms with E-state index in [1.807, 2.05) is 31.1 Å². The number of nitrogens with zero attached hydrogens (tertiary/aromatic N) is 3. The first-order valence-corrected chi connectivity index (χ1v) is 8.71. The summed E-state index contributed by atoms with van der Waals surface area (Å²) < 4.78 is 25.5. The van der Waals surface area contributed by atoms with E-state index in [1.54, 1.807) is 30.5 Å². The first-order chi connectivity index (χ1) is 10.5. The average Bonchev–Trinajstić information content (AvgIpc) is 2.51. The number of benzene rings is 1. The van der Waals surface area contributed by atoms with Gasteiger partial charge in [0.15, 0.2) is 5.82 Å². The summed E-state index contributed by atoms with van der Waals surface area (Å²) in [6.07, 6.45) is 2.57. The number of anilines is 2. The van der Waals surface area contributed by atoms with Crippen molar-refractivity contribution in [3.8, 4) is 0 Å². The van der Waals surface area contributed by atoms with Crippen molar-refractivity contribution in [3.05, 3.63) is 42.6 Å². The van der Waals surface area contributed by atoms with E-state index in [9.17, 15) is 8.42 Å². The highest BCUT2D eigenvalue weighted by atomic mass is 32.2. The van der Waals surface area contributed by atoms with Crippen LogP contribution in [0.1, 0.15) is 6.42 Å². The topological polar surface area (TPSA) is 53.5 Å². The second-order valence-corrected chi connectivity index (χ2v) is 7.49. The maximum absolute atomic E-state index is 12.7. The van der Waals surface area contributed by atoms with Crippen molar-refractivity contribution in [2.75, 3.05) is 32.1 Å². The lowest BCUT2D eigenvalue weighted by atomic mass is 10.2. The van der Waals surface area contributed by atoms with Gasteiger partial charge in [0.2, 0.25) is 9.84 Å². The predicted molar refractivity (Wildman–Crippen MR) is 86.3 cm³/mol. The summed E-state index contributed by atoms with van der Waals surface area (Å²) in [4.78, 5) is 9.10. The molecule has 2 aromatic rings. The molecule has 116 valence electrons. The van der Waals surface area contributed by atoms with E-state index < -0.39 is 9.84 Å². The first-order valence-electron chi connectivity index (χ1n) is 7.23. The Bertz CT molecular complexity index is 734. The van der Waals surface area contributed by atoms with Crippen molar-refractivity contribution in [2.24, 2.45) is 0 Å². The Labute approximate surface area is 131 Å². The number of sulfone groups is 1. The summed E-state index contributed by atoms with van der Waals surface area (Å²) >= 11 is 0. The molecule has 1 aliphatic heterocycles. The molecule has 0 radical (unpaired) electrons. The predicted octanol–water partition coefficient (Wildman–Crippen LogP) is 2.32. The zero-order valence-electron chi connectivity index (χ0n) is 12.7. The third-order valence-electron chi connectivity index (χ3n) is 3.73. The van der Waals surface area contributed by atoms with Gasteiger partial charge in [-0.3, -0.25) is 0 Å². The van der Waals surface area contributed by atoms with E-state index in [4.69, 9.17) is 0 Å². The highest BCUT2D eigenvalue weighted by Crippen LogP contribution is 2.42. The molecule has 0 saturated heterocycles. The van der Waals surface area contributed by atoms with Crippen molar-refractivity contribution < 1.29 is 8.42 Å². The maximum atomic E-state index is 12.7. The molecule has 0 unspecified atom stereocenters. The van der Waals surface area contributed by atoms with Gasteiger partial charge in [0, 0.05) is 12.7 Å². The zero-order valence-corrected chi connectivity index (χ0v) is 13.5. The molecule has 1 aromatic heterocycles. The van der Waals surface area contributed by atoms with Crippen LogP contribution in [-0.2, 0) is 9.84 Å². The number of rotatable bonds is 4. The smallest absolute Gasteiger partial charge is 0.212 e. The van der Waals surface area contributed by atoms with E-state index in [0.717, 1.165) is 19.5 Å². The van der Waals surface area contributed by atoms with Crippen molar-refractivity contribution in [3.63, 3.8) is 0 Å². The molecular formula is C16H19N3O2S. The zero-order chi connectivity index (χ0) is 15.7. The summed E-state index contributed by atoms with van der Waals surface area (Å²) in [5.74, 6) is 0.528. The van der Waals surface area contributed by atoms with Gasteiger partial charge in [0.25, 0.3) is 0 Å². The summed E-state index contributed by atoms with van der Waals surface area (Å²) in [7, 11) is 0.567. The Hall–Kier alpha value is -1.92. The van der Waals surface area contributed by atoms with Crippen molar-refractivity contribution in [1.82, 2.24) is 9.88 Å². The molecule has 0 aliphatic carbocycles. The van der Waals surface area contributed by atoms with Crippen LogP contribution in [-0.4, -0.2) is 45.5 Å². The van der Waals surface area contributed by atoms with Gasteiger partial charge in [0.05, 0.1) is 10.6 Å². The molecule has 0 bridgehead atoms. The molecule has 2 heterocycles. The normalized spacial score (nSPS) is 15.5. The molecule has 1 aliphatic rings. The van der Waals surface area contributed by atoms with Gasteiger partial charge < -0.3 is 9.80 Å². The summed E-state index contributed by atoms with van der Waals surface area (Å²) in [5.41, 5.74) is 0.715. The van der Waals surface area contributed by atoms with Crippen LogP contribution in [0.5, 0.6) is 0 Å². The number of hydrogen-bond donors (Lipinski definition) is 0. The van der Waals surface area contributed by atoms with Gasteiger partial charge >= 0.3 is 0 Å². The Kier molecular flexibility index (Phi) is 3.88. The van der Waals surface area contributed by atoms with Crippen LogP contribution in [0.2, 0.25) is 0 Å². The minimum Gasteiger partial charge on any atom is -0.324 e. The van der Waals surface area contributed by atoms with Gasteiger partial charge in [0.1, 0.15) is 4.90 Å². The van der Waals surface area contributed by atoms with Crippen molar-refractivity contribution in [1.29, 1.82) is 0 Å². The third-order valence-corrected chi connectivity index (χ3v) is 5.55. The van der Waals surface area contributed by atoms with Crippen molar-refractivity contribution in [2.45, 2.75) is 16.2 Å². The largest absolute Gasteiger partial charge is 0.324 e. The SMILES string of the molecule is CN(C)CCCN1c2ccccc2S(=O)(=O)c2cccnc21. The third kappa shape index (κ3) is 2.48. The van der Waals surface area contributed by atoms with Crippen LogP contribution in [0.25, 0.3) is 0 Å². The molecular weight excluding hydrogens is 298 g/mol. The molecule has 0 N–H and O–H groups in total. The summed E-state index contributed by atoms with van der Waals surface area (Å²) in [5, 5.41) is 0. The Balaban J connectivity index is 2.08. The van der Waals surface area contributed by atoms with Crippen LogP contribution in [0.3, 0.4) is 0 Å². The van der Waals surface area contributed by atoms with E-state index in [-0.39, 0.29) is 0 Å². The molecule has 22 heavy (non-hydrogen) atoms. The van der Waals surface area contributed by atoms with Gasteiger partial charge in [-0.05, 0) is 51.3 Å². The summed E-state index contributed by atoms with van der Waals surface area (Å²) in [6.45, 7) is 1.67. The molecule has 3 rings (SSSR count). The number of para-hydroxylation sites is 1. The van der Waals surface area contributed by atoms with E-state index in [0.29, 0.717) is 21.3 Å². The second kappa shape index (κ2) is 5.70. The Morgan fingerprint density at radius 3 is 2.59 bits per heavy atom. The van der Waals surface area contributed by atoms with Crippen molar-refractivity contribution >= 4 is 21.3 Å². The minimum atomic E-state index is -3.49. The van der Waals surface area contributed by atoms with Crippen LogP contribution >= 0.6 is 0 Å². The number of fused-ring (bicyclic) bond motifs is 2. The van der Waals surface area contributed by atoms with E-state index >= 15 is 0 Å². The summed E-state index contributed by atoms with van der Waals surface area (Å²) in [6, 6.07) is 10.4. The fourth-order valence-corrected chi connectivity index (χ4v) is 4.32. The lowest BCUT2D eigenvalue weighted by Gasteiger charge is -2.31. The first kappa shape index (κ1) is 15.0. The quantitative estimate of drug-likeness (QED) is 0.866. The van der Waals surface area contributed by atoms with Gasteiger partial charge in [-0.2, -0.15) is 0 Å². The molecule has 0 spiro atoms. The van der Waals surface area contributed by atoms with Crippen LogP contribution in [0, 0.1) is 0 Å². The second-order valence-electron chi connectivity index (χ2n) is 5.60. The Morgan fingerprint density at radius 2 is 1.82 bits per heavy atom. The maximum Gasteiger partial charge on any atom is 0.212 e. The lowest BCUT2D eigenvalue weighted by Crippen LogP contribution is -2.29. The van der Waals surface area contributed by atoms with E-state index in [1.165, 1.54) is 0 Å². The minimum absolute atomic E-state index is 0.290. The molecule has 0 atom stereocenters. The standard InChI is InChI=1S/C16H19N3O2S/c1-18(2)11-6-12-19-13-7-3-4-8-14(13)22(20,21)15-9-5-10-17-16(15)19/h3-5,7-10H,6,11-12H2,1-2H3. The number of pyridine rings is 1. The molecule has 0 amide bonds. The number of hydrogen-bond acceptors (Lipinski definition) is 5. The highest BCUT2D eigenvalue weighted by Gasteiger charge is 2.34. The fraction of sp³-hybridized carbons (Fsp3) is 0.312. The molecule has 5 nitrogen and oxygen atoms in total. The average molecular weight is 317 g/mol. The van der Waals surface area contributed by atoms with E-state index in [2.05, 4.69) is 9.88 Å². The van der Waals surface area contributed by atoms with Crippen LogP contribution < -0.4 is 4.90 Å². The monoisotopic (exact) mass is 317 g/mol. The fourth-order valence-electron chi connectivity index (χ4n) is 2.71. The number of aromatic nitrogens is 1. The van der Waals surface area contributed by atoms with Gasteiger partial charge in [-0.25, -0.2) is 13.4 Å². The molecule has 6 heteroatoms. The molecule has 1 aromatic carbocycles. The lowest BCUT2D eigenvalue weighted by molar-refractivity contribution is 0.402. The van der Waals surface area contributed by atoms with Crippen LogP contribution in [0.4, 0.5) is 11.5 Å². The van der Waals surface area contributed by atoms with Crippen LogP contribution in [0.15, 0.2) is 52.4 Å². The van der Waals surface area contributed by atoms with Gasteiger partial charge in [-0.15, -0.1) is 0 Å². The molecule has 0 saturated carbocycles. The molecule has 0 fully saturated rings. The highest BCUT2D eigenvalue weighted by molar-refractivity contribution is 7.92. The Morgan fingerprint density at radius 1 is 1.09 bits per heavy atom. The van der Waals surface area contributed by atoms with Gasteiger partial charge in [-0.1, -0.05) is 12.1 Å².